The van der Waals surface area contributed by atoms with Crippen molar-refractivity contribution in [1.29, 1.82) is 0 Å². The minimum atomic E-state index is -0.411. The molecular weight excluding hydrogens is 220 g/mol. The van der Waals surface area contributed by atoms with Gasteiger partial charge in [0.2, 0.25) is 0 Å². The van der Waals surface area contributed by atoms with E-state index in [1.807, 2.05) is 31.5 Å². The molecular formula is C12H18N2O3. The van der Waals surface area contributed by atoms with Crippen LogP contribution in [0.4, 0.5) is 0 Å². The molecule has 0 aromatic carbocycles. The highest BCUT2D eigenvalue weighted by atomic mass is 16.5. The van der Waals surface area contributed by atoms with Crippen molar-refractivity contribution >= 4 is 11.9 Å². The fourth-order valence-electron chi connectivity index (χ4n) is 1.54. The summed E-state index contributed by atoms with van der Waals surface area (Å²) in [4.78, 5) is 24.8. The third kappa shape index (κ3) is 2.87. The number of rotatable bonds is 4. The van der Waals surface area contributed by atoms with Crippen LogP contribution in [0.3, 0.4) is 0 Å². The quantitative estimate of drug-likeness (QED) is 0.734. The Morgan fingerprint density at radius 3 is 2.47 bits per heavy atom. The van der Waals surface area contributed by atoms with Crippen molar-refractivity contribution < 1.29 is 14.3 Å². The zero-order valence-electron chi connectivity index (χ0n) is 10.7. The van der Waals surface area contributed by atoms with E-state index in [9.17, 15) is 9.59 Å². The lowest BCUT2D eigenvalue weighted by Gasteiger charge is -2.19. The van der Waals surface area contributed by atoms with E-state index in [1.165, 1.54) is 12.0 Å². The van der Waals surface area contributed by atoms with Gasteiger partial charge >= 0.3 is 5.97 Å². The van der Waals surface area contributed by atoms with E-state index in [2.05, 4.69) is 4.74 Å². The average Bonchev–Trinajstić information content (AvgIpc) is 2.66. The number of likely N-dealkylation sites (N-methyl/N-ethyl adjacent to an activating group) is 1. The average molecular weight is 238 g/mol. The maximum absolute atomic E-state index is 12.2. The van der Waals surface area contributed by atoms with E-state index in [0.717, 1.165) is 5.69 Å². The summed E-state index contributed by atoms with van der Waals surface area (Å²) in [6.07, 6.45) is 0. The molecule has 0 aliphatic heterocycles. The van der Waals surface area contributed by atoms with Crippen LogP contribution in [0, 0.1) is 6.92 Å². The molecule has 0 atom stereocenters. The first-order valence-electron chi connectivity index (χ1n) is 5.49. The minimum absolute atomic E-state index is 0.0178. The zero-order chi connectivity index (χ0) is 13.0. The molecule has 0 bridgehead atoms. The van der Waals surface area contributed by atoms with E-state index in [4.69, 9.17) is 0 Å². The van der Waals surface area contributed by atoms with Crippen LogP contribution in [0.5, 0.6) is 0 Å². The Bertz CT molecular complexity index is 423. The van der Waals surface area contributed by atoms with Gasteiger partial charge in [-0.2, -0.15) is 0 Å². The number of esters is 1. The molecule has 1 aromatic rings. The second kappa shape index (κ2) is 5.52. The predicted molar refractivity (Wildman–Crippen MR) is 63.7 cm³/mol. The van der Waals surface area contributed by atoms with Crippen molar-refractivity contribution in [2.24, 2.45) is 7.05 Å². The molecule has 1 aromatic heterocycles. The first-order valence-corrected chi connectivity index (χ1v) is 5.49. The first-order chi connectivity index (χ1) is 8.01. The first kappa shape index (κ1) is 13.3. The summed E-state index contributed by atoms with van der Waals surface area (Å²) in [7, 11) is 3.14. The summed E-state index contributed by atoms with van der Waals surface area (Å²) < 4.78 is 6.37. The number of hydrogen-bond donors (Lipinski definition) is 0. The molecule has 0 radical (unpaired) electrons. The van der Waals surface area contributed by atoms with Gasteiger partial charge in [-0.25, -0.2) is 0 Å². The Kier molecular flexibility index (Phi) is 4.31. The number of nitrogens with zero attached hydrogens (tertiary/aromatic N) is 2. The summed E-state index contributed by atoms with van der Waals surface area (Å²) in [5, 5.41) is 0. The summed E-state index contributed by atoms with van der Waals surface area (Å²) in [5.41, 5.74) is 1.58. The van der Waals surface area contributed by atoms with Gasteiger partial charge in [0, 0.05) is 19.3 Å². The van der Waals surface area contributed by atoms with Crippen molar-refractivity contribution in [3.05, 3.63) is 23.5 Å². The molecule has 0 fully saturated rings. The van der Waals surface area contributed by atoms with Crippen LogP contribution >= 0.6 is 0 Å². The number of methoxy groups -OCH3 is 1. The van der Waals surface area contributed by atoms with Crippen molar-refractivity contribution in [2.45, 2.75) is 13.8 Å². The molecule has 1 amide bonds. The maximum Gasteiger partial charge on any atom is 0.325 e. The van der Waals surface area contributed by atoms with Gasteiger partial charge in [0.25, 0.3) is 5.91 Å². The Hall–Kier alpha value is -1.78. The molecule has 0 spiro atoms. The lowest BCUT2D eigenvalue weighted by Crippen LogP contribution is -2.36. The van der Waals surface area contributed by atoms with Crippen molar-refractivity contribution in [2.75, 3.05) is 20.2 Å². The van der Waals surface area contributed by atoms with Crippen molar-refractivity contribution in [3.63, 3.8) is 0 Å². The molecule has 94 valence electrons. The lowest BCUT2D eigenvalue weighted by molar-refractivity contribution is -0.141. The van der Waals surface area contributed by atoms with E-state index >= 15 is 0 Å². The Balaban J connectivity index is 2.86. The second-order valence-corrected chi connectivity index (χ2v) is 3.81. The van der Waals surface area contributed by atoms with Gasteiger partial charge < -0.3 is 14.2 Å². The fraction of sp³-hybridized carbons (Fsp3) is 0.500. The third-order valence-electron chi connectivity index (χ3n) is 2.81. The fourth-order valence-corrected chi connectivity index (χ4v) is 1.54. The Morgan fingerprint density at radius 2 is 2.06 bits per heavy atom. The second-order valence-electron chi connectivity index (χ2n) is 3.81. The van der Waals surface area contributed by atoms with Gasteiger partial charge in [-0.15, -0.1) is 0 Å². The molecule has 17 heavy (non-hydrogen) atoms. The summed E-state index contributed by atoms with van der Waals surface area (Å²) in [6.45, 7) is 4.21. The summed E-state index contributed by atoms with van der Waals surface area (Å²) >= 11 is 0. The molecule has 0 saturated heterocycles. The van der Waals surface area contributed by atoms with Crippen LogP contribution < -0.4 is 0 Å². The topological polar surface area (TPSA) is 51.5 Å². The molecule has 5 heteroatoms. The van der Waals surface area contributed by atoms with Crippen molar-refractivity contribution in [1.82, 2.24) is 9.47 Å². The normalized spacial score (nSPS) is 10.1. The van der Waals surface area contributed by atoms with E-state index in [1.54, 1.807) is 6.07 Å². The summed E-state index contributed by atoms with van der Waals surface area (Å²) in [6, 6.07) is 3.64. The number of aryl methyl sites for hydroxylation is 1. The van der Waals surface area contributed by atoms with E-state index in [0.29, 0.717) is 12.2 Å². The number of amides is 1. The number of carbonyl (C=O) groups excluding carboxylic acids is 2. The van der Waals surface area contributed by atoms with Crippen LogP contribution in [-0.2, 0) is 16.6 Å². The molecule has 0 N–H and O–H groups in total. The van der Waals surface area contributed by atoms with Gasteiger partial charge in [0.15, 0.2) is 0 Å². The van der Waals surface area contributed by atoms with Crippen LogP contribution in [-0.4, -0.2) is 41.5 Å². The highest BCUT2D eigenvalue weighted by molar-refractivity contribution is 5.94. The smallest absolute Gasteiger partial charge is 0.325 e. The van der Waals surface area contributed by atoms with Gasteiger partial charge in [0.05, 0.1) is 7.11 Å². The number of aromatic nitrogens is 1. The number of carbonyl (C=O) groups is 2. The molecule has 5 nitrogen and oxygen atoms in total. The lowest BCUT2D eigenvalue weighted by atomic mass is 10.3. The number of hydrogen-bond acceptors (Lipinski definition) is 3. The van der Waals surface area contributed by atoms with E-state index in [-0.39, 0.29) is 12.5 Å². The van der Waals surface area contributed by atoms with Crippen LogP contribution in [0.15, 0.2) is 12.1 Å². The highest BCUT2D eigenvalue weighted by Crippen LogP contribution is 2.09. The van der Waals surface area contributed by atoms with Crippen LogP contribution in [0.2, 0.25) is 0 Å². The van der Waals surface area contributed by atoms with Gasteiger partial charge in [0.1, 0.15) is 12.2 Å². The molecule has 0 aliphatic rings. The van der Waals surface area contributed by atoms with Crippen LogP contribution in [0.25, 0.3) is 0 Å². The van der Waals surface area contributed by atoms with Gasteiger partial charge in [-0.05, 0) is 26.0 Å². The SMILES string of the molecule is CCN(CC(=O)OC)C(=O)c1ccc(C)n1C. The standard InChI is InChI=1S/C12H18N2O3/c1-5-14(8-11(15)17-4)12(16)10-7-6-9(2)13(10)3/h6-7H,5,8H2,1-4H3. The summed E-state index contributed by atoms with van der Waals surface area (Å²) in [5.74, 6) is -0.570. The van der Waals surface area contributed by atoms with E-state index < -0.39 is 5.97 Å². The maximum atomic E-state index is 12.2. The van der Waals surface area contributed by atoms with Gasteiger partial charge in [-0.1, -0.05) is 0 Å². The van der Waals surface area contributed by atoms with Crippen molar-refractivity contribution in [3.8, 4) is 0 Å². The molecule has 0 saturated carbocycles. The molecule has 1 heterocycles. The predicted octanol–water partition coefficient (Wildman–Crippen LogP) is 0.969. The third-order valence-corrected chi connectivity index (χ3v) is 2.81. The Labute approximate surface area is 101 Å². The van der Waals surface area contributed by atoms with Crippen LogP contribution in [0.1, 0.15) is 23.1 Å². The molecule has 0 unspecified atom stereocenters. The molecule has 0 aliphatic carbocycles. The zero-order valence-corrected chi connectivity index (χ0v) is 10.7. The highest BCUT2D eigenvalue weighted by Gasteiger charge is 2.20. The Morgan fingerprint density at radius 1 is 1.41 bits per heavy atom. The largest absolute Gasteiger partial charge is 0.468 e. The van der Waals surface area contributed by atoms with Gasteiger partial charge in [-0.3, -0.25) is 9.59 Å². The number of ether oxygens (including phenoxy) is 1. The minimum Gasteiger partial charge on any atom is -0.468 e. The molecule has 1 rings (SSSR count). The monoisotopic (exact) mass is 238 g/mol.